The Balaban J connectivity index is 2.19. The highest BCUT2D eigenvalue weighted by atomic mass is 35.5. The highest BCUT2D eigenvalue weighted by molar-refractivity contribution is 6.31. The average molecular weight is 286 g/mol. The molecule has 5 heteroatoms. The van der Waals surface area contributed by atoms with Gasteiger partial charge in [0, 0.05) is 18.2 Å². The number of hydrogen-bond donors (Lipinski definition) is 2. The molecule has 0 saturated heterocycles. The van der Waals surface area contributed by atoms with Gasteiger partial charge in [-0.3, -0.25) is 4.79 Å². The molecule has 106 valence electrons. The van der Waals surface area contributed by atoms with E-state index in [0.717, 1.165) is 5.56 Å². The van der Waals surface area contributed by atoms with E-state index in [0.29, 0.717) is 24.6 Å². The molecule has 1 aromatic rings. The van der Waals surface area contributed by atoms with Crippen LogP contribution in [0.1, 0.15) is 18.9 Å². The number of carbonyl (C=O) groups excluding carboxylic acids is 1. The van der Waals surface area contributed by atoms with E-state index in [1.54, 1.807) is 6.07 Å². The maximum atomic E-state index is 11.5. The van der Waals surface area contributed by atoms with E-state index in [1.165, 1.54) is 0 Å². The molecule has 0 aliphatic rings. The fourth-order valence-corrected chi connectivity index (χ4v) is 1.72. The average Bonchev–Trinajstić information content (AvgIpc) is 2.39. The van der Waals surface area contributed by atoms with E-state index in [1.807, 2.05) is 25.1 Å². The molecule has 19 heavy (non-hydrogen) atoms. The third-order valence-corrected chi connectivity index (χ3v) is 3.09. The van der Waals surface area contributed by atoms with Gasteiger partial charge in [0.1, 0.15) is 6.61 Å². The van der Waals surface area contributed by atoms with Gasteiger partial charge < -0.3 is 15.2 Å². The zero-order valence-corrected chi connectivity index (χ0v) is 11.8. The van der Waals surface area contributed by atoms with Crippen LogP contribution in [0.5, 0.6) is 0 Å². The van der Waals surface area contributed by atoms with Crippen molar-refractivity contribution in [1.82, 2.24) is 5.32 Å². The second-order valence-corrected chi connectivity index (χ2v) is 4.91. The van der Waals surface area contributed by atoms with E-state index in [4.69, 9.17) is 21.4 Å². The molecule has 1 unspecified atom stereocenters. The molecule has 0 aromatic heterocycles. The number of carbonyl (C=O) groups is 1. The minimum Gasteiger partial charge on any atom is -0.396 e. The first-order valence-corrected chi connectivity index (χ1v) is 6.70. The maximum Gasteiger partial charge on any atom is 0.246 e. The van der Waals surface area contributed by atoms with Crippen LogP contribution in [0.15, 0.2) is 24.3 Å². The van der Waals surface area contributed by atoms with Crippen LogP contribution in [0.3, 0.4) is 0 Å². The SMILES string of the molecule is CC(CCO)CNC(=O)COCc1ccccc1Cl. The van der Waals surface area contributed by atoms with Crippen LogP contribution < -0.4 is 5.32 Å². The van der Waals surface area contributed by atoms with Gasteiger partial charge in [-0.1, -0.05) is 36.7 Å². The molecule has 0 heterocycles. The largest absolute Gasteiger partial charge is 0.396 e. The van der Waals surface area contributed by atoms with Crippen LogP contribution in [0.4, 0.5) is 0 Å². The molecule has 0 fully saturated rings. The Morgan fingerprint density at radius 1 is 1.47 bits per heavy atom. The number of ether oxygens (including phenoxy) is 1. The minimum absolute atomic E-state index is 0.0110. The summed E-state index contributed by atoms with van der Waals surface area (Å²) in [5.41, 5.74) is 0.866. The zero-order valence-electron chi connectivity index (χ0n) is 11.1. The maximum absolute atomic E-state index is 11.5. The highest BCUT2D eigenvalue weighted by Crippen LogP contribution is 2.15. The van der Waals surface area contributed by atoms with Crippen LogP contribution in [0.25, 0.3) is 0 Å². The first kappa shape index (κ1) is 16.0. The van der Waals surface area contributed by atoms with E-state index in [9.17, 15) is 4.79 Å². The molecule has 0 aliphatic heterocycles. The molecule has 0 bridgehead atoms. The summed E-state index contributed by atoms with van der Waals surface area (Å²) in [5.74, 6) is 0.106. The molecular formula is C14H20ClNO3. The first-order chi connectivity index (χ1) is 9.13. The molecule has 0 radical (unpaired) electrons. The number of halogens is 1. The van der Waals surface area contributed by atoms with E-state index in [-0.39, 0.29) is 25.0 Å². The number of amides is 1. The number of aliphatic hydroxyl groups excluding tert-OH is 1. The number of nitrogens with one attached hydrogen (secondary N) is 1. The van der Waals surface area contributed by atoms with Crippen molar-refractivity contribution in [3.05, 3.63) is 34.9 Å². The molecular weight excluding hydrogens is 266 g/mol. The predicted molar refractivity (Wildman–Crippen MR) is 75.0 cm³/mol. The van der Waals surface area contributed by atoms with Crippen LogP contribution in [0.2, 0.25) is 5.02 Å². The second kappa shape index (κ2) is 8.91. The molecule has 0 saturated carbocycles. The van der Waals surface area contributed by atoms with E-state index >= 15 is 0 Å². The van der Waals surface area contributed by atoms with Crippen LogP contribution in [-0.2, 0) is 16.1 Å². The van der Waals surface area contributed by atoms with Gasteiger partial charge in [0.05, 0.1) is 6.61 Å². The lowest BCUT2D eigenvalue weighted by Crippen LogP contribution is -2.31. The Labute approximate surface area is 118 Å². The van der Waals surface area contributed by atoms with Crippen molar-refractivity contribution in [3.8, 4) is 0 Å². The van der Waals surface area contributed by atoms with Gasteiger partial charge in [-0.05, 0) is 24.0 Å². The van der Waals surface area contributed by atoms with Gasteiger partial charge in [0.2, 0.25) is 5.91 Å². The first-order valence-electron chi connectivity index (χ1n) is 6.32. The fraction of sp³-hybridized carbons (Fsp3) is 0.500. The van der Waals surface area contributed by atoms with Gasteiger partial charge in [0.25, 0.3) is 0 Å². The molecule has 0 aliphatic carbocycles. The third-order valence-electron chi connectivity index (χ3n) is 2.72. The Morgan fingerprint density at radius 2 is 2.21 bits per heavy atom. The number of hydrogen-bond acceptors (Lipinski definition) is 3. The summed E-state index contributed by atoms with van der Waals surface area (Å²) in [5, 5.41) is 12.1. The quantitative estimate of drug-likeness (QED) is 0.768. The van der Waals surface area contributed by atoms with Gasteiger partial charge in [-0.2, -0.15) is 0 Å². The summed E-state index contributed by atoms with van der Waals surface area (Å²) in [7, 11) is 0. The van der Waals surface area contributed by atoms with Crippen molar-refractivity contribution in [2.75, 3.05) is 19.8 Å². The molecule has 1 atom stereocenters. The third kappa shape index (κ3) is 6.57. The summed E-state index contributed by atoms with van der Waals surface area (Å²) in [4.78, 5) is 11.5. The molecule has 0 spiro atoms. The predicted octanol–water partition coefficient (Wildman–Crippen LogP) is 1.99. The fourth-order valence-electron chi connectivity index (χ4n) is 1.53. The summed E-state index contributed by atoms with van der Waals surface area (Å²) in [6.45, 7) is 2.99. The summed E-state index contributed by atoms with van der Waals surface area (Å²) in [6, 6.07) is 7.38. The van der Waals surface area contributed by atoms with Gasteiger partial charge >= 0.3 is 0 Å². The van der Waals surface area contributed by atoms with Crippen LogP contribution in [-0.4, -0.2) is 30.8 Å². The van der Waals surface area contributed by atoms with Crippen LogP contribution in [0, 0.1) is 5.92 Å². The molecule has 1 aromatic carbocycles. The Kier molecular flexibility index (Phi) is 7.48. The van der Waals surface area contributed by atoms with E-state index < -0.39 is 0 Å². The van der Waals surface area contributed by atoms with Crippen molar-refractivity contribution in [2.24, 2.45) is 5.92 Å². The highest BCUT2D eigenvalue weighted by Gasteiger charge is 2.06. The molecule has 4 nitrogen and oxygen atoms in total. The lowest BCUT2D eigenvalue weighted by atomic mass is 10.1. The standard InChI is InChI=1S/C14H20ClNO3/c1-11(6-7-17)8-16-14(18)10-19-9-12-4-2-3-5-13(12)15/h2-5,11,17H,6-10H2,1H3,(H,16,18). The number of rotatable bonds is 8. The monoisotopic (exact) mass is 285 g/mol. The summed E-state index contributed by atoms with van der Waals surface area (Å²) >= 11 is 5.97. The summed E-state index contributed by atoms with van der Waals surface area (Å²) in [6.07, 6.45) is 0.681. The topological polar surface area (TPSA) is 58.6 Å². The molecule has 2 N–H and O–H groups in total. The van der Waals surface area contributed by atoms with Crippen molar-refractivity contribution in [3.63, 3.8) is 0 Å². The Bertz CT molecular complexity index is 398. The molecule has 1 amide bonds. The minimum atomic E-state index is -0.156. The molecule has 1 rings (SSSR count). The Morgan fingerprint density at radius 3 is 2.89 bits per heavy atom. The van der Waals surface area contributed by atoms with Crippen molar-refractivity contribution in [1.29, 1.82) is 0 Å². The smallest absolute Gasteiger partial charge is 0.246 e. The second-order valence-electron chi connectivity index (χ2n) is 4.51. The van der Waals surface area contributed by atoms with E-state index in [2.05, 4.69) is 5.32 Å². The van der Waals surface area contributed by atoms with Gasteiger partial charge in [-0.25, -0.2) is 0 Å². The lowest BCUT2D eigenvalue weighted by Gasteiger charge is -2.11. The zero-order chi connectivity index (χ0) is 14.1. The van der Waals surface area contributed by atoms with Crippen molar-refractivity contribution < 1.29 is 14.6 Å². The number of benzene rings is 1. The van der Waals surface area contributed by atoms with Gasteiger partial charge in [-0.15, -0.1) is 0 Å². The Hall–Kier alpha value is -1.10. The summed E-state index contributed by atoms with van der Waals surface area (Å²) < 4.78 is 5.31. The number of aliphatic hydroxyl groups is 1. The van der Waals surface area contributed by atoms with Crippen molar-refractivity contribution >= 4 is 17.5 Å². The normalized spacial score (nSPS) is 12.2. The van der Waals surface area contributed by atoms with Gasteiger partial charge in [0.15, 0.2) is 0 Å². The van der Waals surface area contributed by atoms with Crippen molar-refractivity contribution in [2.45, 2.75) is 20.0 Å². The van der Waals surface area contributed by atoms with Crippen LogP contribution >= 0.6 is 11.6 Å². The lowest BCUT2D eigenvalue weighted by molar-refractivity contribution is -0.126.